The van der Waals surface area contributed by atoms with E-state index in [1.54, 1.807) is 0 Å². The molecule has 1 heterocycles. The molecular formula is C48H48F2IO7S+. The number of carbonyl (C=O) groups excluding carboxylic acids is 3. The monoisotopic (exact) mass is 933 g/mol. The standard InChI is InChI=1S/C24H30F2O6.C24H18IOS/c1-3-24(12-5-10-4-11(7-12)8-13(24)6-10)32-21(28)17-15-9-14-16(17)20(27)30-18(14)19(15)31-22(29)23(2,25)26;25-19-11-13-20(14-12-19)26-21-15-17-24(18-16-21)27(22-7-3-1-4-8-22)23-9-5-2-6-10-23/h10-19H,3-9H2,1-2H3;1-18H/q;+1. The van der Waals surface area contributed by atoms with Crippen molar-refractivity contribution in [2.24, 2.45) is 47.3 Å². The number of esters is 3. The van der Waals surface area contributed by atoms with E-state index in [-0.39, 0.29) is 16.8 Å². The molecule has 0 spiro atoms. The third-order valence-electron chi connectivity index (χ3n) is 13.8. The van der Waals surface area contributed by atoms with Crippen LogP contribution in [0.4, 0.5) is 8.78 Å². The van der Waals surface area contributed by atoms with Gasteiger partial charge in [-0.2, -0.15) is 8.78 Å². The van der Waals surface area contributed by atoms with Gasteiger partial charge in [0.25, 0.3) is 0 Å². The van der Waals surface area contributed by atoms with Crippen LogP contribution in [0.2, 0.25) is 0 Å². The van der Waals surface area contributed by atoms with Crippen LogP contribution in [0.5, 0.6) is 11.5 Å². The molecule has 0 amide bonds. The molecule has 1 aliphatic heterocycles. The Bertz CT molecular complexity index is 2100. The van der Waals surface area contributed by atoms with Crippen molar-refractivity contribution in [3.63, 3.8) is 0 Å². The maximum absolute atomic E-state index is 13.6. The molecule has 6 saturated carbocycles. The fourth-order valence-electron chi connectivity index (χ4n) is 11.6. The van der Waals surface area contributed by atoms with E-state index in [1.165, 1.54) is 24.7 Å². The maximum Gasteiger partial charge on any atom is 0.377 e. The SMILES string of the molecule is CCC1(OC(=O)C2C3CC4C(OC(=O)C42)C3OC(=O)C(C)(F)F)C2CC3CC(C2)CC1C3.Ic1ccc(Oc2ccc([S+](c3ccccc3)c3ccccc3)cc2)cc1. The molecule has 7 fully saturated rings. The van der Waals surface area contributed by atoms with Crippen molar-refractivity contribution in [3.8, 4) is 11.5 Å². The molecule has 1 saturated heterocycles. The summed E-state index contributed by atoms with van der Waals surface area (Å²) in [6, 6.07) is 37.9. The summed E-state index contributed by atoms with van der Waals surface area (Å²) in [4.78, 5) is 42.0. The normalized spacial score (nSPS) is 32.0. The highest BCUT2D eigenvalue weighted by molar-refractivity contribution is 14.1. The lowest BCUT2D eigenvalue weighted by Gasteiger charge is -2.60. The fourth-order valence-corrected chi connectivity index (χ4v) is 14.0. The number of ether oxygens (including phenoxy) is 4. The Hall–Kier alpha value is -3.97. The molecule has 0 radical (unpaired) electrons. The molecule has 308 valence electrons. The first-order chi connectivity index (χ1) is 28.4. The molecule has 7 aliphatic rings. The van der Waals surface area contributed by atoms with Gasteiger partial charge in [-0.15, -0.1) is 0 Å². The summed E-state index contributed by atoms with van der Waals surface area (Å²) in [5, 5.41) is 0. The van der Waals surface area contributed by atoms with Crippen molar-refractivity contribution in [2.75, 3.05) is 0 Å². The molecule has 6 atom stereocenters. The van der Waals surface area contributed by atoms with Crippen LogP contribution in [0.1, 0.15) is 58.8 Å². The van der Waals surface area contributed by atoms with E-state index in [1.807, 2.05) is 24.3 Å². The minimum atomic E-state index is -3.65. The van der Waals surface area contributed by atoms with E-state index in [0.717, 1.165) is 55.4 Å². The Morgan fingerprint density at radius 1 is 0.763 bits per heavy atom. The maximum atomic E-state index is 13.6. The molecule has 7 nitrogen and oxygen atoms in total. The van der Waals surface area contributed by atoms with Gasteiger partial charge in [0.2, 0.25) is 0 Å². The summed E-state index contributed by atoms with van der Waals surface area (Å²) in [7, 11) is -0.129. The minimum absolute atomic E-state index is 0.129. The number of benzene rings is 4. The molecule has 4 aromatic rings. The lowest BCUT2D eigenvalue weighted by molar-refractivity contribution is -0.218. The van der Waals surface area contributed by atoms with Crippen LogP contribution in [0, 0.1) is 50.9 Å². The van der Waals surface area contributed by atoms with Crippen LogP contribution in [0.25, 0.3) is 0 Å². The summed E-state index contributed by atoms with van der Waals surface area (Å²) in [5.74, 6) is -4.60. The zero-order chi connectivity index (χ0) is 41.1. The number of halogens is 3. The lowest BCUT2D eigenvalue weighted by Crippen LogP contribution is -2.60. The summed E-state index contributed by atoms with van der Waals surface area (Å²) < 4.78 is 51.1. The second-order valence-corrected chi connectivity index (χ2v) is 20.5. The molecule has 11 rings (SSSR count). The topological polar surface area (TPSA) is 88.1 Å². The summed E-state index contributed by atoms with van der Waals surface area (Å²) in [6.45, 7) is 2.55. The number of alkyl halides is 2. The van der Waals surface area contributed by atoms with E-state index in [9.17, 15) is 23.2 Å². The summed E-state index contributed by atoms with van der Waals surface area (Å²) in [6.07, 6.45) is 5.07. The van der Waals surface area contributed by atoms with Gasteiger partial charge in [0.15, 0.2) is 14.7 Å². The van der Waals surface area contributed by atoms with Gasteiger partial charge in [-0.05, 0) is 164 Å². The van der Waals surface area contributed by atoms with Crippen LogP contribution in [-0.2, 0) is 39.5 Å². The molecule has 6 unspecified atom stereocenters. The fraction of sp³-hybridized carbons (Fsp3) is 0.438. The highest BCUT2D eigenvalue weighted by Crippen LogP contribution is 2.63. The number of fused-ring (bicyclic) bond motifs is 1. The Morgan fingerprint density at radius 2 is 1.29 bits per heavy atom. The second-order valence-electron chi connectivity index (χ2n) is 17.3. The summed E-state index contributed by atoms with van der Waals surface area (Å²) in [5.41, 5.74) is -0.503. The van der Waals surface area contributed by atoms with Crippen LogP contribution in [0.15, 0.2) is 124 Å². The van der Waals surface area contributed by atoms with Crippen LogP contribution in [0.3, 0.4) is 0 Å². The van der Waals surface area contributed by atoms with Gasteiger partial charge in [-0.25, -0.2) is 4.79 Å². The van der Waals surface area contributed by atoms with Crippen molar-refractivity contribution in [1.82, 2.24) is 0 Å². The van der Waals surface area contributed by atoms with Crippen LogP contribution in [-0.4, -0.2) is 41.6 Å². The Labute approximate surface area is 360 Å². The van der Waals surface area contributed by atoms with Gasteiger partial charge >= 0.3 is 23.8 Å². The first kappa shape index (κ1) is 40.4. The van der Waals surface area contributed by atoms with Crippen molar-refractivity contribution < 1.29 is 42.1 Å². The van der Waals surface area contributed by atoms with Crippen molar-refractivity contribution in [2.45, 2.75) is 97.2 Å². The Kier molecular flexibility index (Phi) is 11.1. The van der Waals surface area contributed by atoms with Gasteiger partial charge in [0.1, 0.15) is 29.3 Å². The molecule has 6 bridgehead atoms. The highest BCUT2D eigenvalue weighted by atomic mass is 127. The highest BCUT2D eigenvalue weighted by Gasteiger charge is 2.71. The van der Waals surface area contributed by atoms with E-state index < -0.39 is 59.4 Å². The molecule has 4 aromatic carbocycles. The molecule has 0 N–H and O–H groups in total. The molecule has 0 aromatic heterocycles. The second kappa shape index (κ2) is 16.1. The molecule has 59 heavy (non-hydrogen) atoms. The van der Waals surface area contributed by atoms with Crippen LogP contribution >= 0.6 is 22.6 Å². The number of hydrogen-bond donors (Lipinski definition) is 0. The van der Waals surface area contributed by atoms with E-state index in [0.29, 0.717) is 25.2 Å². The Balaban J connectivity index is 0.000000155. The molecular weight excluding hydrogens is 885 g/mol. The lowest BCUT2D eigenvalue weighted by atomic mass is 9.49. The van der Waals surface area contributed by atoms with Crippen molar-refractivity contribution in [1.29, 1.82) is 0 Å². The quantitative estimate of drug-likeness (QED) is 0.0677. The van der Waals surface area contributed by atoms with E-state index >= 15 is 0 Å². The zero-order valence-electron chi connectivity index (χ0n) is 33.0. The third kappa shape index (κ3) is 7.68. The van der Waals surface area contributed by atoms with Gasteiger partial charge < -0.3 is 18.9 Å². The van der Waals surface area contributed by atoms with Gasteiger partial charge in [0.05, 0.1) is 22.7 Å². The van der Waals surface area contributed by atoms with E-state index in [4.69, 9.17) is 18.9 Å². The number of hydrogen-bond acceptors (Lipinski definition) is 7. The average molecular weight is 934 g/mol. The smallest absolute Gasteiger partial charge is 0.377 e. The molecule has 11 heteroatoms. The Morgan fingerprint density at radius 3 is 1.81 bits per heavy atom. The average Bonchev–Trinajstić information content (AvgIpc) is 3.86. The number of carbonyl (C=O) groups is 3. The van der Waals surface area contributed by atoms with Crippen LogP contribution < -0.4 is 4.74 Å². The molecule has 6 aliphatic carbocycles. The van der Waals surface area contributed by atoms with Gasteiger partial charge in [-0.3, -0.25) is 9.59 Å². The first-order valence-electron chi connectivity index (χ1n) is 20.8. The zero-order valence-corrected chi connectivity index (χ0v) is 36.0. The van der Waals surface area contributed by atoms with E-state index in [2.05, 4.69) is 114 Å². The minimum Gasteiger partial charge on any atom is -0.458 e. The number of rotatable bonds is 10. The largest absolute Gasteiger partial charge is 0.458 e. The predicted octanol–water partition coefficient (Wildman–Crippen LogP) is 10.7. The van der Waals surface area contributed by atoms with Crippen molar-refractivity contribution in [3.05, 3.63) is 113 Å². The van der Waals surface area contributed by atoms with Gasteiger partial charge in [0, 0.05) is 22.3 Å². The predicted molar refractivity (Wildman–Crippen MR) is 226 cm³/mol. The van der Waals surface area contributed by atoms with Gasteiger partial charge in [-0.1, -0.05) is 43.3 Å². The van der Waals surface area contributed by atoms with Crippen molar-refractivity contribution >= 4 is 51.4 Å². The summed E-state index contributed by atoms with van der Waals surface area (Å²) >= 11 is 2.30. The first-order valence-corrected chi connectivity index (χ1v) is 23.1. The third-order valence-corrected chi connectivity index (χ3v) is 16.8.